The molecule has 0 rings (SSSR count). The number of esters is 4. The van der Waals surface area contributed by atoms with E-state index >= 15 is 0 Å². The fourth-order valence-electron chi connectivity index (χ4n) is 11.4. The number of carbonyl (C=O) groups is 4. The second-order valence-corrected chi connectivity index (χ2v) is 31.0. The highest BCUT2D eigenvalue weighted by atomic mass is 31.2. The molecule has 2 unspecified atom stereocenters. The number of allylic oxidation sites excluding steroid dienone is 14. The van der Waals surface area contributed by atoms with E-state index in [0.717, 1.165) is 128 Å². The molecule has 0 aliphatic rings. The van der Waals surface area contributed by atoms with Gasteiger partial charge in [0.25, 0.3) is 0 Å². The summed E-state index contributed by atoms with van der Waals surface area (Å²) in [5.41, 5.74) is 0. The minimum atomic E-state index is -4.99. The third-order valence-electron chi connectivity index (χ3n) is 17.8. The molecule has 0 saturated carbocycles. The fraction of sp³-hybridized carbons (Fsp3) is 0.788. The Morgan fingerprint density at radius 1 is 0.269 bits per heavy atom. The Morgan fingerprint density at radius 2 is 0.481 bits per heavy atom. The normalized spacial score (nSPS) is 14.3. The maximum Gasteiger partial charge on any atom is 0.472 e. The van der Waals surface area contributed by atoms with Gasteiger partial charge < -0.3 is 33.8 Å². The summed E-state index contributed by atoms with van der Waals surface area (Å²) >= 11 is 0. The standard InChI is InChI=1S/C85H152O17P2/c1-5-9-13-17-21-25-29-33-37-39-43-46-50-54-58-62-66-70-83(88)96-76-81(102-85(90)72-68-64-60-56-52-48-44-40-38-34-30-26-22-18-14-10-6-2)78-100-104(93,94)98-74-79(86)73-97-103(91,92)99-77-80(101-84(89)71-67-63-59-55-51-47-42-36-32-28-24-20-16-12-8-4)75-95-82(87)69-65-61-57-53-49-45-41-35-31-27-23-19-15-11-7-3/h22-23,26-27,34-36,38,41-42,44,48,56,60,79-81,86H,5-21,24-25,28-33,37,39-40,43,45-47,49-55,57-59,61-78H2,1-4H3,(H,91,92)(H,93,94)/b26-22-,27-23-,38-34-,41-35-,42-36-,48-44-,60-56-/t79-,80-,81-/m1/s1. The van der Waals surface area contributed by atoms with Crippen LogP contribution in [0, 0.1) is 0 Å². The fourth-order valence-corrected chi connectivity index (χ4v) is 13.0. The summed E-state index contributed by atoms with van der Waals surface area (Å²) in [4.78, 5) is 73.1. The minimum Gasteiger partial charge on any atom is -0.462 e. The quantitative estimate of drug-likeness (QED) is 0.0169. The van der Waals surface area contributed by atoms with Crippen molar-refractivity contribution in [3.63, 3.8) is 0 Å². The maximum atomic E-state index is 13.1. The van der Waals surface area contributed by atoms with Gasteiger partial charge in [0.1, 0.15) is 19.3 Å². The first-order chi connectivity index (χ1) is 50.7. The van der Waals surface area contributed by atoms with Crippen molar-refractivity contribution in [2.75, 3.05) is 39.6 Å². The van der Waals surface area contributed by atoms with E-state index in [9.17, 15) is 43.2 Å². The zero-order chi connectivity index (χ0) is 76.0. The van der Waals surface area contributed by atoms with E-state index in [1.807, 2.05) is 12.2 Å². The first kappa shape index (κ1) is 100. The average molecular weight is 1510 g/mol. The largest absolute Gasteiger partial charge is 0.472 e. The van der Waals surface area contributed by atoms with E-state index in [1.54, 1.807) is 0 Å². The van der Waals surface area contributed by atoms with Crippen LogP contribution in [-0.4, -0.2) is 96.7 Å². The van der Waals surface area contributed by atoms with Gasteiger partial charge in [-0.25, -0.2) is 9.13 Å². The van der Waals surface area contributed by atoms with Crippen molar-refractivity contribution in [2.24, 2.45) is 0 Å². The number of phosphoric acid groups is 2. The highest BCUT2D eigenvalue weighted by Crippen LogP contribution is 2.45. The topological polar surface area (TPSA) is 237 Å². The third kappa shape index (κ3) is 76.4. The van der Waals surface area contributed by atoms with E-state index in [0.29, 0.717) is 32.1 Å². The Balaban J connectivity index is 5.40. The van der Waals surface area contributed by atoms with E-state index in [1.165, 1.54) is 161 Å². The molecule has 0 aromatic rings. The average Bonchev–Trinajstić information content (AvgIpc) is 1.04. The van der Waals surface area contributed by atoms with Crippen LogP contribution in [0.2, 0.25) is 0 Å². The number of phosphoric ester groups is 2. The monoisotopic (exact) mass is 1510 g/mol. The van der Waals surface area contributed by atoms with Crippen molar-refractivity contribution >= 4 is 39.5 Å². The van der Waals surface area contributed by atoms with E-state index in [4.69, 9.17) is 37.0 Å². The van der Waals surface area contributed by atoms with Gasteiger partial charge in [0, 0.05) is 25.7 Å². The van der Waals surface area contributed by atoms with Crippen LogP contribution in [0.4, 0.5) is 0 Å². The Kier molecular flexibility index (Phi) is 74.6. The molecule has 5 atom stereocenters. The molecule has 604 valence electrons. The number of hydrogen-bond acceptors (Lipinski definition) is 15. The van der Waals surface area contributed by atoms with Crippen molar-refractivity contribution in [1.29, 1.82) is 0 Å². The Bertz CT molecular complexity index is 2300. The number of carbonyl (C=O) groups excluding carboxylic acids is 4. The lowest BCUT2D eigenvalue weighted by molar-refractivity contribution is -0.161. The van der Waals surface area contributed by atoms with E-state index in [-0.39, 0.29) is 25.7 Å². The molecular weight excluding hydrogens is 1350 g/mol. The van der Waals surface area contributed by atoms with Crippen LogP contribution >= 0.6 is 15.6 Å². The SMILES string of the molecule is CCCCC/C=C\C/C=C\C/C=C\C/C=C\CCCC(=O)O[C@H](COC(=O)CCCCCCCCCCCCCCCCCCC)COP(=O)(O)OC[C@H](O)COP(=O)(O)OC[C@@H](COC(=O)CCCCCCC/C=C\C/C=C\CCCCC)OC(=O)CCCCCCC/C=C\CCCCCCCC. The molecule has 0 radical (unpaired) electrons. The molecule has 0 aromatic heterocycles. The number of unbranched alkanes of at least 4 members (excludes halogenated alkanes) is 39. The predicted molar refractivity (Wildman–Crippen MR) is 427 cm³/mol. The van der Waals surface area contributed by atoms with Crippen LogP contribution in [0.3, 0.4) is 0 Å². The Morgan fingerprint density at radius 3 is 0.788 bits per heavy atom. The van der Waals surface area contributed by atoms with Crippen molar-refractivity contribution < 1.29 is 80.2 Å². The van der Waals surface area contributed by atoms with Crippen molar-refractivity contribution in [3.05, 3.63) is 85.1 Å². The van der Waals surface area contributed by atoms with Crippen LogP contribution in [-0.2, 0) is 65.4 Å². The molecule has 0 amide bonds. The smallest absolute Gasteiger partial charge is 0.462 e. The number of aliphatic hydroxyl groups is 1. The minimum absolute atomic E-state index is 0.0221. The summed E-state index contributed by atoms with van der Waals surface area (Å²) in [5.74, 6) is -2.24. The maximum absolute atomic E-state index is 13.1. The summed E-state index contributed by atoms with van der Waals surface area (Å²) in [6, 6.07) is 0. The Hall–Kier alpha value is -3.76. The van der Waals surface area contributed by atoms with Gasteiger partial charge in [-0.3, -0.25) is 37.3 Å². The lowest BCUT2D eigenvalue weighted by Gasteiger charge is -2.21. The molecule has 0 spiro atoms. The van der Waals surface area contributed by atoms with E-state index in [2.05, 4.69) is 101 Å². The van der Waals surface area contributed by atoms with Gasteiger partial charge >= 0.3 is 39.5 Å². The van der Waals surface area contributed by atoms with Crippen LogP contribution in [0.15, 0.2) is 85.1 Å². The van der Waals surface area contributed by atoms with Gasteiger partial charge in [0.15, 0.2) is 12.2 Å². The molecule has 19 heteroatoms. The van der Waals surface area contributed by atoms with Crippen molar-refractivity contribution in [2.45, 2.75) is 393 Å². The molecule has 0 saturated heterocycles. The van der Waals surface area contributed by atoms with Crippen LogP contribution in [0.25, 0.3) is 0 Å². The molecule has 3 N–H and O–H groups in total. The van der Waals surface area contributed by atoms with Gasteiger partial charge in [0.05, 0.1) is 26.4 Å². The molecule has 104 heavy (non-hydrogen) atoms. The predicted octanol–water partition coefficient (Wildman–Crippen LogP) is 24.6. The molecular formula is C85H152O17P2. The summed E-state index contributed by atoms with van der Waals surface area (Å²) in [6.07, 6.45) is 81.3. The molecule has 0 fully saturated rings. The second kappa shape index (κ2) is 77.4. The van der Waals surface area contributed by atoms with Gasteiger partial charge in [-0.1, -0.05) is 312 Å². The summed E-state index contributed by atoms with van der Waals surface area (Å²) in [5, 5.41) is 10.7. The molecule has 0 aliphatic heterocycles. The summed E-state index contributed by atoms with van der Waals surface area (Å²) in [7, 11) is -9.97. The van der Waals surface area contributed by atoms with Crippen molar-refractivity contribution in [3.8, 4) is 0 Å². The van der Waals surface area contributed by atoms with Gasteiger partial charge in [-0.05, 0) is 122 Å². The van der Waals surface area contributed by atoms with Crippen LogP contribution in [0.5, 0.6) is 0 Å². The van der Waals surface area contributed by atoms with Gasteiger partial charge in [0.2, 0.25) is 0 Å². The molecule has 0 bridgehead atoms. The molecule has 0 aliphatic carbocycles. The Labute approximate surface area is 634 Å². The van der Waals surface area contributed by atoms with Gasteiger partial charge in [-0.15, -0.1) is 0 Å². The number of aliphatic hydroxyl groups excluding tert-OH is 1. The zero-order valence-corrected chi connectivity index (χ0v) is 68.0. The first-order valence-electron chi connectivity index (χ1n) is 41.8. The number of rotatable bonds is 79. The number of ether oxygens (including phenoxy) is 4. The first-order valence-corrected chi connectivity index (χ1v) is 44.8. The molecule has 0 heterocycles. The molecule has 0 aromatic carbocycles. The highest BCUT2D eigenvalue weighted by molar-refractivity contribution is 7.47. The third-order valence-corrected chi connectivity index (χ3v) is 19.7. The zero-order valence-electron chi connectivity index (χ0n) is 66.2. The van der Waals surface area contributed by atoms with Crippen molar-refractivity contribution in [1.82, 2.24) is 0 Å². The highest BCUT2D eigenvalue weighted by Gasteiger charge is 2.30. The van der Waals surface area contributed by atoms with E-state index < -0.39 is 97.5 Å². The summed E-state index contributed by atoms with van der Waals surface area (Å²) in [6.45, 7) is 4.80. The summed E-state index contributed by atoms with van der Waals surface area (Å²) < 4.78 is 68.7. The molecule has 17 nitrogen and oxygen atoms in total. The second-order valence-electron chi connectivity index (χ2n) is 28.1. The van der Waals surface area contributed by atoms with Crippen LogP contribution < -0.4 is 0 Å². The number of hydrogen-bond donors (Lipinski definition) is 3. The van der Waals surface area contributed by atoms with Crippen LogP contribution in [0.1, 0.15) is 374 Å². The lowest BCUT2D eigenvalue weighted by Crippen LogP contribution is -2.30. The lowest BCUT2D eigenvalue weighted by atomic mass is 10.0. The van der Waals surface area contributed by atoms with Gasteiger partial charge in [-0.2, -0.15) is 0 Å².